The molecule has 0 saturated heterocycles. The van der Waals surface area contributed by atoms with E-state index in [1.165, 1.54) is 25.7 Å². The third-order valence-electron chi connectivity index (χ3n) is 6.10. The zero-order valence-electron chi connectivity index (χ0n) is 19.7. The second-order valence-electron chi connectivity index (χ2n) is 8.50. The largest absolute Gasteiger partial charge is 0.461 e. The standard InChI is InChI=1S/C26H40O5.H2/c1-6-9-21-10-13-23(14-11-21)29-17-16-28-20(5)30-24-15-12-22(19(4)7-2)18-25(24)31-26(27)8-3;/h8,12,15,18-21,23H,3,6-7,9-11,13-14,16-17H2,1-2,4-5H3;1H. The van der Waals surface area contributed by atoms with Gasteiger partial charge in [0.15, 0.2) is 17.8 Å². The second-order valence-corrected chi connectivity index (χ2v) is 8.50. The van der Waals surface area contributed by atoms with E-state index in [2.05, 4.69) is 27.4 Å². The van der Waals surface area contributed by atoms with Gasteiger partial charge in [0.2, 0.25) is 0 Å². The molecule has 0 N–H and O–H groups in total. The van der Waals surface area contributed by atoms with Gasteiger partial charge in [-0.2, -0.15) is 0 Å². The van der Waals surface area contributed by atoms with Crippen molar-refractivity contribution in [2.45, 2.75) is 91.0 Å². The van der Waals surface area contributed by atoms with Crippen molar-refractivity contribution >= 4 is 5.97 Å². The lowest BCUT2D eigenvalue weighted by Gasteiger charge is -2.28. The Morgan fingerprint density at radius 1 is 1.16 bits per heavy atom. The van der Waals surface area contributed by atoms with E-state index < -0.39 is 12.3 Å². The Bertz CT molecular complexity index is 685. The molecular weight excluding hydrogens is 392 g/mol. The fourth-order valence-electron chi connectivity index (χ4n) is 4.03. The van der Waals surface area contributed by atoms with Gasteiger partial charge < -0.3 is 18.9 Å². The Morgan fingerprint density at radius 3 is 2.55 bits per heavy atom. The monoisotopic (exact) mass is 434 g/mol. The third kappa shape index (κ3) is 8.66. The normalized spacial score (nSPS) is 20.6. The van der Waals surface area contributed by atoms with E-state index in [9.17, 15) is 4.79 Å². The zero-order valence-corrected chi connectivity index (χ0v) is 19.7. The third-order valence-corrected chi connectivity index (χ3v) is 6.10. The first kappa shape index (κ1) is 25.4. The molecule has 2 rings (SSSR count). The number of carbonyl (C=O) groups excluding carboxylic acids is 1. The van der Waals surface area contributed by atoms with Gasteiger partial charge >= 0.3 is 5.97 Å². The van der Waals surface area contributed by atoms with Gasteiger partial charge in [0.1, 0.15) is 0 Å². The molecule has 1 aromatic carbocycles. The Hall–Kier alpha value is -1.85. The Balaban J connectivity index is 0.00000512. The molecule has 0 amide bonds. The number of hydrogen-bond donors (Lipinski definition) is 0. The average molecular weight is 435 g/mol. The fourth-order valence-corrected chi connectivity index (χ4v) is 4.03. The molecular formula is C26H42O5. The summed E-state index contributed by atoms with van der Waals surface area (Å²) >= 11 is 0. The molecule has 1 aromatic rings. The van der Waals surface area contributed by atoms with Crippen molar-refractivity contribution in [3.05, 3.63) is 36.4 Å². The summed E-state index contributed by atoms with van der Waals surface area (Å²) in [4.78, 5) is 11.7. The molecule has 2 unspecified atom stereocenters. The molecule has 0 heterocycles. The highest BCUT2D eigenvalue weighted by Gasteiger charge is 2.21. The van der Waals surface area contributed by atoms with Crippen molar-refractivity contribution in [2.75, 3.05) is 13.2 Å². The molecule has 0 radical (unpaired) electrons. The summed E-state index contributed by atoms with van der Waals surface area (Å²) in [5.74, 6) is 1.59. The minimum absolute atomic E-state index is 0. The zero-order chi connectivity index (χ0) is 22.6. The van der Waals surface area contributed by atoms with Crippen LogP contribution in [0.3, 0.4) is 0 Å². The lowest BCUT2D eigenvalue weighted by molar-refractivity contribution is -0.129. The maximum atomic E-state index is 11.7. The van der Waals surface area contributed by atoms with Crippen LogP contribution in [0, 0.1) is 5.92 Å². The molecule has 5 nitrogen and oxygen atoms in total. The minimum atomic E-state index is -0.512. The Morgan fingerprint density at radius 2 is 1.90 bits per heavy atom. The molecule has 0 aliphatic heterocycles. The molecule has 0 bridgehead atoms. The molecule has 1 aliphatic carbocycles. The summed E-state index contributed by atoms with van der Waals surface area (Å²) in [5, 5.41) is 0. The van der Waals surface area contributed by atoms with Gasteiger partial charge in [0.05, 0.1) is 19.3 Å². The van der Waals surface area contributed by atoms with Crippen LogP contribution >= 0.6 is 0 Å². The van der Waals surface area contributed by atoms with E-state index in [1.54, 1.807) is 0 Å². The fraction of sp³-hybridized carbons (Fsp3) is 0.654. The lowest BCUT2D eigenvalue weighted by atomic mass is 9.85. The maximum Gasteiger partial charge on any atom is 0.335 e. The molecule has 31 heavy (non-hydrogen) atoms. The number of carbonyl (C=O) groups is 1. The van der Waals surface area contributed by atoms with Gasteiger partial charge in [0, 0.05) is 7.50 Å². The molecule has 5 heteroatoms. The van der Waals surface area contributed by atoms with Crippen LogP contribution in [0.1, 0.15) is 85.5 Å². The van der Waals surface area contributed by atoms with Gasteiger partial charge in [0.25, 0.3) is 0 Å². The van der Waals surface area contributed by atoms with Gasteiger partial charge in [-0.15, -0.1) is 0 Å². The van der Waals surface area contributed by atoms with Crippen LogP contribution in [-0.4, -0.2) is 31.6 Å². The number of esters is 1. The van der Waals surface area contributed by atoms with Crippen LogP contribution in [0.2, 0.25) is 0 Å². The summed E-state index contributed by atoms with van der Waals surface area (Å²) < 4.78 is 23.1. The SMILES string of the molecule is C=CC(=O)Oc1cc(C(C)CC)ccc1OC(C)OCCOC1CCC(CCC)CC1.[HH]. The van der Waals surface area contributed by atoms with Crippen molar-refractivity contribution in [2.24, 2.45) is 5.92 Å². The summed E-state index contributed by atoms with van der Waals surface area (Å²) in [6.45, 7) is 12.8. The smallest absolute Gasteiger partial charge is 0.335 e. The maximum absolute atomic E-state index is 11.7. The number of benzene rings is 1. The first-order valence-electron chi connectivity index (χ1n) is 11.8. The van der Waals surface area contributed by atoms with E-state index >= 15 is 0 Å². The highest BCUT2D eigenvalue weighted by Crippen LogP contribution is 2.33. The van der Waals surface area contributed by atoms with Crippen LogP contribution < -0.4 is 9.47 Å². The van der Waals surface area contributed by atoms with Crippen molar-refractivity contribution in [1.29, 1.82) is 0 Å². The number of ether oxygens (including phenoxy) is 4. The van der Waals surface area contributed by atoms with E-state index in [4.69, 9.17) is 18.9 Å². The molecule has 0 spiro atoms. The van der Waals surface area contributed by atoms with Crippen LogP contribution in [0.15, 0.2) is 30.9 Å². The van der Waals surface area contributed by atoms with Crippen LogP contribution in [0.5, 0.6) is 11.5 Å². The van der Waals surface area contributed by atoms with Crippen molar-refractivity contribution in [3.8, 4) is 11.5 Å². The van der Waals surface area contributed by atoms with Gasteiger partial charge in [-0.05, 0) is 68.6 Å². The van der Waals surface area contributed by atoms with Crippen LogP contribution in [0.25, 0.3) is 0 Å². The van der Waals surface area contributed by atoms with Crippen molar-refractivity contribution < 1.29 is 25.2 Å². The summed E-state index contributed by atoms with van der Waals surface area (Å²) in [6.07, 6.45) is 9.47. The summed E-state index contributed by atoms with van der Waals surface area (Å²) in [5.41, 5.74) is 1.09. The Kier molecular flexibility index (Phi) is 11.1. The van der Waals surface area contributed by atoms with Crippen molar-refractivity contribution in [1.82, 2.24) is 0 Å². The average Bonchev–Trinajstić information content (AvgIpc) is 2.78. The van der Waals surface area contributed by atoms with Crippen LogP contribution in [-0.2, 0) is 14.3 Å². The van der Waals surface area contributed by atoms with Gasteiger partial charge in [-0.3, -0.25) is 0 Å². The topological polar surface area (TPSA) is 54.0 Å². The molecule has 0 aromatic heterocycles. The van der Waals surface area contributed by atoms with E-state index in [0.29, 0.717) is 36.7 Å². The first-order chi connectivity index (χ1) is 15.0. The van der Waals surface area contributed by atoms with E-state index in [1.807, 2.05) is 25.1 Å². The second kappa shape index (κ2) is 13.5. The quantitative estimate of drug-likeness (QED) is 0.114. The molecule has 2 atom stereocenters. The van der Waals surface area contributed by atoms with Crippen LogP contribution in [0.4, 0.5) is 0 Å². The predicted molar refractivity (Wildman–Crippen MR) is 126 cm³/mol. The summed E-state index contributed by atoms with van der Waals surface area (Å²) in [7, 11) is 0. The molecule has 176 valence electrons. The molecule has 1 aliphatic rings. The predicted octanol–water partition coefficient (Wildman–Crippen LogP) is 6.65. The van der Waals surface area contributed by atoms with Gasteiger partial charge in [-0.1, -0.05) is 46.3 Å². The highest BCUT2D eigenvalue weighted by molar-refractivity contribution is 5.83. The van der Waals surface area contributed by atoms with Gasteiger partial charge in [-0.25, -0.2) is 4.79 Å². The number of rotatable bonds is 13. The highest BCUT2D eigenvalue weighted by atomic mass is 16.7. The van der Waals surface area contributed by atoms with E-state index in [-0.39, 0.29) is 1.43 Å². The number of hydrogen-bond acceptors (Lipinski definition) is 5. The molecule has 1 saturated carbocycles. The summed E-state index contributed by atoms with van der Waals surface area (Å²) in [6, 6.07) is 5.69. The lowest BCUT2D eigenvalue weighted by Crippen LogP contribution is -2.25. The first-order valence-corrected chi connectivity index (χ1v) is 11.8. The Labute approximate surface area is 189 Å². The van der Waals surface area contributed by atoms with Crippen molar-refractivity contribution in [3.63, 3.8) is 0 Å². The van der Waals surface area contributed by atoms with E-state index in [0.717, 1.165) is 36.8 Å². The molecule has 1 fully saturated rings. The minimum Gasteiger partial charge on any atom is -0.461 e.